The third-order valence-corrected chi connectivity index (χ3v) is 6.77. The molecule has 150 valence electrons. The number of thiophene rings is 1. The van der Waals surface area contributed by atoms with Crippen molar-refractivity contribution in [2.75, 3.05) is 29.5 Å². The highest BCUT2D eigenvalue weighted by Gasteiger charge is 2.25. The van der Waals surface area contributed by atoms with E-state index in [4.69, 9.17) is 9.72 Å². The first-order valence-corrected chi connectivity index (χ1v) is 10.9. The number of hydrogen-bond donors (Lipinski definition) is 0. The summed E-state index contributed by atoms with van der Waals surface area (Å²) in [5.41, 5.74) is 5.72. The molecule has 4 aromatic rings. The van der Waals surface area contributed by atoms with Crippen molar-refractivity contribution < 1.29 is 4.74 Å². The molecule has 0 saturated heterocycles. The van der Waals surface area contributed by atoms with Gasteiger partial charge in [-0.1, -0.05) is 0 Å². The molecule has 0 fully saturated rings. The average Bonchev–Trinajstić information content (AvgIpc) is 3.19. The topological polar surface area (TPSA) is 67.3 Å². The van der Waals surface area contributed by atoms with E-state index in [0.29, 0.717) is 12.5 Å². The molecule has 0 atom stereocenters. The zero-order valence-electron chi connectivity index (χ0n) is 16.6. The summed E-state index contributed by atoms with van der Waals surface area (Å²) in [5.74, 6) is 1.70. The smallest absolute Gasteiger partial charge is 0.237 e. The van der Waals surface area contributed by atoms with Crippen LogP contribution in [0, 0.1) is 6.92 Å². The molecule has 0 radical (unpaired) electrons. The summed E-state index contributed by atoms with van der Waals surface area (Å²) in [6.45, 7) is 5.23. The second-order valence-electron chi connectivity index (χ2n) is 7.59. The van der Waals surface area contributed by atoms with E-state index in [-0.39, 0.29) is 0 Å². The maximum Gasteiger partial charge on any atom is 0.237 e. The van der Waals surface area contributed by atoms with Crippen molar-refractivity contribution in [3.05, 3.63) is 59.1 Å². The van der Waals surface area contributed by atoms with Gasteiger partial charge in [0.2, 0.25) is 5.88 Å². The molecule has 0 saturated carbocycles. The molecule has 0 aliphatic carbocycles. The van der Waals surface area contributed by atoms with E-state index in [1.165, 1.54) is 22.2 Å². The van der Waals surface area contributed by atoms with Crippen LogP contribution in [0.4, 0.5) is 17.2 Å². The van der Waals surface area contributed by atoms with Crippen molar-refractivity contribution in [3.63, 3.8) is 0 Å². The number of hydrogen-bond acceptors (Lipinski definition) is 8. The van der Waals surface area contributed by atoms with Crippen LogP contribution in [-0.2, 0) is 13.0 Å². The Morgan fingerprint density at radius 2 is 2.10 bits per heavy atom. The van der Waals surface area contributed by atoms with E-state index in [2.05, 4.69) is 43.1 Å². The van der Waals surface area contributed by atoms with Crippen molar-refractivity contribution in [2.45, 2.75) is 19.9 Å². The Hall–Kier alpha value is -3.26. The van der Waals surface area contributed by atoms with E-state index in [1.807, 2.05) is 18.3 Å². The van der Waals surface area contributed by atoms with E-state index < -0.39 is 0 Å². The van der Waals surface area contributed by atoms with Gasteiger partial charge in [0.05, 0.1) is 23.8 Å². The Morgan fingerprint density at radius 1 is 1.13 bits per heavy atom. The fourth-order valence-electron chi connectivity index (χ4n) is 4.30. The summed E-state index contributed by atoms with van der Waals surface area (Å²) in [6, 6.07) is 6.25. The third-order valence-electron chi connectivity index (χ3n) is 5.77. The summed E-state index contributed by atoms with van der Waals surface area (Å²) in [6.07, 6.45) is 6.32. The molecule has 0 spiro atoms. The SMILES string of the molecule is Cc1csc2ncnc(N3CCc4ncc(N5CCOc6ncccc65)cc4C3)c12. The van der Waals surface area contributed by atoms with Gasteiger partial charge in [-0.15, -0.1) is 11.3 Å². The van der Waals surface area contributed by atoms with Gasteiger partial charge < -0.3 is 14.5 Å². The first-order valence-electron chi connectivity index (χ1n) is 10.0. The van der Waals surface area contributed by atoms with Crippen LogP contribution < -0.4 is 14.5 Å². The molecule has 2 aliphatic heterocycles. The van der Waals surface area contributed by atoms with Crippen LogP contribution in [0.5, 0.6) is 5.88 Å². The lowest BCUT2D eigenvalue weighted by atomic mass is 10.0. The third kappa shape index (κ3) is 2.79. The second-order valence-corrected chi connectivity index (χ2v) is 8.45. The Morgan fingerprint density at radius 3 is 3.07 bits per heavy atom. The van der Waals surface area contributed by atoms with Crippen LogP contribution in [0.2, 0.25) is 0 Å². The van der Waals surface area contributed by atoms with E-state index in [1.54, 1.807) is 23.9 Å². The number of fused-ring (bicyclic) bond motifs is 3. The van der Waals surface area contributed by atoms with Crippen LogP contribution in [0.25, 0.3) is 10.2 Å². The summed E-state index contributed by atoms with van der Waals surface area (Å²) >= 11 is 1.68. The molecule has 2 aliphatic rings. The zero-order chi connectivity index (χ0) is 20.1. The van der Waals surface area contributed by atoms with E-state index >= 15 is 0 Å². The maximum atomic E-state index is 5.71. The molecule has 0 N–H and O–H groups in total. The standard InChI is InChI=1S/C22H20N6OS/c1-14-12-30-22-19(14)20(25-13-26-22)27-6-4-17-15(11-27)9-16(10-24-17)28-7-8-29-21-18(28)3-2-5-23-21/h2-3,5,9-10,12-13H,4,6-8,11H2,1H3. The molecular weight excluding hydrogens is 396 g/mol. The first-order chi connectivity index (χ1) is 14.8. The lowest BCUT2D eigenvalue weighted by molar-refractivity contribution is 0.301. The minimum Gasteiger partial charge on any atom is -0.474 e. The van der Waals surface area contributed by atoms with E-state index in [0.717, 1.165) is 48.1 Å². The summed E-state index contributed by atoms with van der Waals surface area (Å²) in [5, 5.41) is 3.33. The van der Waals surface area contributed by atoms with Crippen LogP contribution in [0.1, 0.15) is 16.8 Å². The largest absolute Gasteiger partial charge is 0.474 e. The molecule has 6 rings (SSSR count). The number of pyridine rings is 2. The number of ether oxygens (including phenoxy) is 1. The predicted molar refractivity (Wildman–Crippen MR) is 118 cm³/mol. The lowest BCUT2D eigenvalue weighted by Gasteiger charge is -2.33. The minimum atomic E-state index is 0.615. The van der Waals surface area contributed by atoms with Crippen LogP contribution in [0.15, 0.2) is 42.3 Å². The lowest BCUT2D eigenvalue weighted by Crippen LogP contribution is -2.33. The Bertz CT molecular complexity index is 1260. The highest BCUT2D eigenvalue weighted by atomic mass is 32.1. The molecule has 0 aromatic carbocycles. The Kier molecular flexibility index (Phi) is 4.05. The summed E-state index contributed by atoms with van der Waals surface area (Å²) in [7, 11) is 0. The normalized spacial score (nSPS) is 15.6. The molecular formula is C22H20N6OS. The van der Waals surface area contributed by atoms with Crippen molar-refractivity contribution in [1.82, 2.24) is 19.9 Å². The van der Waals surface area contributed by atoms with Crippen LogP contribution in [-0.4, -0.2) is 39.6 Å². The fourth-order valence-corrected chi connectivity index (χ4v) is 5.19. The van der Waals surface area contributed by atoms with Gasteiger partial charge in [-0.3, -0.25) is 4.98 Å². The molecule has 4 aromatic heterocycles. The Balaban J connectivity index is 1.36. The van der Waals surface area contributed by atoms with Crippen molar-refractivity contribution >= 4 is 38.7 Å². The quantitative estimate of drug-likeness (QED) is 0.491. The fraction of sp³-hybridized carbons (Fsp3) is 0.273. The van der Waals surface area contributed by atoms with Gasteiger partial charge in [0.25, 0.3) is 0 Å². The van der Waals surface area contributed by atoms with Gasteiger partial charge >= 0.3 is 0 Å². The van der Waals surface area contributed by atoms with Gasteiger partial charge in [0, 0.05) is 31.4 Å². The molecule has 30 heavy (non-hydrogen) atoms. The Labute approximate surface area is 178 Å². The number of nitrogens with zero attached hydrogens (tertiary/aromatic N) is 6. The van der Waals surface area contributed by atoms with Gasteiger partial charge in [-0.2, -0.15) is 0 Å². The first kappa shape index (κ1) is 17.6. The van der Waals surface area contributed by atoms with Crippen LogP contribution >= 0.6 is 11.3 Å². The van der Waals surface area contributed by atoms with Gasteiger partial charge in [0.15, 0.2) is 0 Å². The van der Waals surface area contributed by atoms with Crippen molar-refractivity contribution in [1.29, 1.82) is 0 Å². The highest BCUT2D eigenvalue weighted by molar-refractivity contribution is 7.17. The molecule has 0 bridgehead atoms. The zero-order valence-corrected chi connectivity index (χ0v) is 17.4. The summed E-state index contributed by atoms with van der Waals surface area (Å²) in [4.78, 5) is 23.9. The summed E-state index contributed by atoms with van der Waals surface area (Å²) < 4.78 is 5.71. The van der Waals surface area contributed by atoms with Crippen LogP contribution in [0.3, 0.4) is 0 Å². The van der Waals surface area contributed by atoms with Crippen molar-refractivity contribution in [3.8, 4) is 5.88 Å². The van der Waals surface area contributed by atoms with Gasteiger partial charge in [-0.25, -0.2) is 15.0 Å². The second kappa shape index (κ2) is 6.91. The van der Waals surface area contributed by atoms with E-state index in [9.17, 15) is 0 Å². The monoisotopic (exact) mass is 416 g/mol. The highest BCUT2D eigenvalue weighted by Crippen LogP contribution is 2.37. The average molecular weight is 417 g/mol. The molecule has 0 amide bonds. The number of rotatable bonds is 2. The van der Waals surface area contributed by atoms with Gasteiger partial charge in [-0.05, 0) is 41.6 Å². The molecule has 6 heterocycles. The van der Waals surface area contributed by atoms with Crippen molar-refractivity contribution in [2.24, 2.45) is 0 Å². The van der Waals surface area contributed by atoms with Gasteiger partial charge in [0.1, 0.15) is 29.3 Å². The molecule has 7 nitrogen and oxygen atoms in total. The molecule has 8 heteroatoms. The predicted octanol–water partition coefficient (Wildman–Crippen LogP) is 3.88. The number of anilines is 3. The number of aromatic nitrogens is 4. The molecule has 0 unspecified atom stereocenters. The number of aryl methyl sites for hydroxylation is 1. The minimum absolute atomic E-state index is 0.615. The maximum absolute atomic E-state index is 5.71.